The molecule has 0 aliphatic carbocycles. The predicted molar refractivity (Wildman–Crippen MR) is 56.3 cm³/mol. The molecule has 2 unspecified atom stereocenters. The standard InChI is InChI=1S/C8H10FN3O3S/c9-4-1-5(10)11-8(14)12(4)6-3-16-7(2-13)15-6/h1,6-7,13H,2-3H2,(H2,10,11,14). The average Bonchev–Trinajstić information content (AvgIpc) is 2.64. The molecule has 0 spiro atoms. The highest BCUT2D eigenvalue weighted by Gasteiger charge is 2.29. The topological polar surface area (TPSA) is 90.4 Å². The molecule has 16 heavy (non-hydrogen) atoms. The van der Waals surface area contributed by atoms with Crippen LogP contribution in [0.4, 0.5) is 10.2 Å². The van der Waals surface area contributed by atoms with Crippen molar-refractivity contribution in [1.82, 2.24) is 9.55 Å². The van der Waals surface area contributed by atoms with Crippen LogP contribution in [0.3, 0.4) is 0 Å². The highest BCUT2D eigenvalue weighted by Crippen LogP contribution is 2.30. The van der Waals surface area contributed by atoms with Crippen LogP contribution in [0.5, 0.6) is 0 Å². The van der Waals surface area contributed by atoms with E-state index in [0.29, 0.717) is 5.75 Å². The SMILES string of the molecule is Nc1cc(F)n(C2CSC(CO)O2)c(=O)n1. The number of nitrogen functional groups attached to an aromatic ring is 1. The first-order valence-electron chi connectivity index (χ1n) is 4.54. The van der Waals surface area contributed by atoms with E-state index in [1.165, 1.54) is 11.8 Å². The van der Waals surface area contributed by atoms with Crippen LogP contribution >= 0.6 is 11.8 Å². The van der Waals surface area contributed by atoms with Gasteiger partial charge in [-0.3, -0.25) is 0 Å². The zero-order valence-electron chi connectivity index (χ0n) is 8.17. The lowest BCUT2D eigenvalue weighted by molar-refractivity contribution is -0.0122. The number of nitrogens with two attached hydrogens (primary N) is 1. The molecule has 0 saturated carbocycles. The zero-order valence-corrected chi connectivity index (χ0v) is 8.98. The van der Waals surface area contributed by atoms with Crippen LogP contribution in [0.1, 0.15) is 6.23 Å². The summed E-state index contributed by atoms with van der Waals surface area (Å²) in [5.74, 6) is -0.571. The number of aromatic nitrogens is 2. The minimum Gasteiger partial charge on any atom is -0.393 e. The summed E-state index contributed by atoms with van der Waals surface area (Å²) in [6.07, 6.45) is -0.747. The van der Waals surface area contributed by atoms with Crippen LogP contribution < -0.4 is 11.4 Å². The Hall–Kier alpha value is -1.12. The van der Waals surface area contributed by atoms with Gasteiger partial charge in [-0.05, 0) is 0 Å². The second-order valence-electron chi connectivity index (χ2n) is 3.19. The average molecular weight is 247 g/mol. The Morgan fingerprint density at radius 1 is 1.81 bits per heavy atom. The van der Waals surface area contributed by atoms with Gasteiger partial charge in [-0.1, -0.05) is 0 Å². The van der Waals surface area contributed by atoms with E-state index in [1.54, 1.807) is 0 Å². The molecule has 0 bridgehead atoms. The maximum absolute atomic E-state index is 13.5. The Labute approximate surface area is 94.2 Å². The van der Waals surface area contributed by atoms with Crippen LogP contribution in [0.25, 0.3) is 0 Å². The van der Waals surface area contributed by atoms with Gasteiger partial charge < -0.3 is 15.6 Å². The molecule has 0 aromatic carbocycles. The number of aliphatic hydroxyl groups excluding tert-OH is 1. The van der Waals surface area contributed by atoms with E-state index in [1.807, 2.05) is 0 Å². The Morgan fingerprint density at radius 3 is 3.12 bits per heavy atom. The summed E-state index contributed by atoms with van der Waals surface area (Å²) in [6, 6.07) is 0.960. The smallest absolute Gasteiger partial charge is 0.353 e. The molecule has 0 amide bonds. The van der Waals surface area contributed by atoms with Crippen molar-refractivity contribution in [2.24, 2.45) is 0 Å². The highest BCUT2D eigenvalue weighted by molar-refractivity contribution is 8.00. The third-order valence-corrected chi connectivity index (χ3v) is 3.21. The monoisotopic (exact) mass is 247 g/mol. The first-order chi connectivity index (χ1) is 7.61. The number of ether oxygens (including phenoxy) is 1. The van der Waals surface area contributed by atoms with E-state index in [0.717, 1.165) is 10.6 Å². The van der Waals surface area contributed by atoms with E-state index in [-0.39, 0.29) is 12.4 Å². The first kappa shape index (κ1) is 11.4. The van der Waals surface area contributed by atoms with Gasteiger partial charge in [0.1, 0.15) is 11.3 Å². The molecule has 3 N–H and O–H groups in total. The molecule has 2 heterocycles. The van der Waals surface area contributed by atoms with Crippen LogP contribution in [0, 0.1) is 5.95 Å². The van der Waals surface area contributed by atoms with E-state index in [2.05, 4.69) is 4.98 Å². The van der Waals surface area contributed by atoms with Gasteiger partial charge >= 0.3 is 5.69 Å². The van der Waals surface area contributed by atoms with Crippen molar-refractivity contribution in [3.63, 3.8) is 0 Å². The minimum absolute atomic E-state index is 0.164. The van der Waals surface area contributed by atoms with Crippen molar-refractivity contribution in [3.05, 3.63) is 22.5 Å². The lowest BCUT2D eigenvalue weighted by Crippen LogP contribution is -2.31. The molecular weight excluding hydrogens is 237 g/mol. The third kappa shape index (κ3) is 2.04. The molecule has 1 fully saturated rings. The second kappa shape index (κ2) is 4.40. The van der Waals surface area contributed by atoms with Gasteiger partial charge in [0.2, 0.25) is 5.95 Å². The van der Waals surface area contributed by atoms with E-state index < -0.39 is 23.3 Å². The van der Waals surface area contributed by atoms with Crippen molar-refractivity contribution in [3.8, 4) is 0 Å². The van der Waals surface area contributed by atoms with Gasteiger partial charge in [-0.2, -0.15) is 9.37 Å². The molecule has 2 rings (SSSR count). The first-order valence-corrected chi connectivity index (χ1v) is 5.59. The molecule has 1 aromatic heterocycles. The summed E-state index contributed by atoms with van der Waals surface area (Å²) < 4.78 is 19.5. The van der Waals surface area contributed by atoms with Crippen LogP contribution in [0.2, 0.25) is 0 Å². The predicted octanol–water partition coefficient (Wildman–Crippen LogP) is -0.455. The maximum atomic E-state index is 13.5. The fourth-order valence-corrected chi connectivity index (χ4v) is 2.33. The fraction of sp³-hybridized carbons (Fsp3) is 0.500. The second-order valence-corrected chi connectivity index (χ2v) is 4.38. The molecular formula is C8H10FN3O3S. The van der Waals surface area contributed by atoms with Crippen LogP contribution in [-0.2, 0) is 4.74 Å². The maximum Gasteiger partial charge on any atom is 0.353 e. The molecule has 6 nitrogen and oxygen atoms in total. The number of rotatable bonds is 2. The van der Waals surface area contributed by atoms with Crippen molar-refractivity contribution in [1.29, 1.82) is 0 Å². The number of anilines is 1. The van der Waals surface area contributed by atoms with Gasteiger partial charge in [-0.25, -0.2) is 9.36 Å². The molecule has 1 aliphatic heterocycles. The lowest BCUT2D eigenvalue weighted by atomic mass is 10.5. The van der Waals surface area contributed by atoms with Crippen molar-refractivity contribution < 1.29 is 14.2 Å². The summed E-state index contributed by atoms with van der Waals surface area (Å²) >= 11 is 1.31. The van der Waals surface area contributed by atoms with E-state index in [4.69, 9.17) is 15.6 Å². The molecule has 0 radical (unpaired) electrons. The summed E-state index contributed by atoms with van der Waals surface area (Å²) in [6.45, 7) is -0.181. The number of hydrogen-bond donors (Lipinski definition) is 2. The Kier molecular flexibility index (Phi) is 3.13. The Balaban J connectivity index is 2.31. The van der Waals surface area contributed by atoms with Crippen LogP contribution in [0.15, 0.2) is 10.9 Å². The molecule has 1 aliphatic rings. The number of halogens is 1. The van der Waals surface area contributed by atoms with E-state index in [9.17, 15) is 9.18 Å². The molecule has 8 heteroatoms. The molecule has 2 atom stereocenters. The van der Waals surface area contributed by atoms with Crippen molar-refractivity contribution in [2.75, 3.05) is 18.1 Å². The van der Waals surface area contributed by atoms with E-state index >= 15 is 0 Å². The minimum atomic E-state index is -0.790. The number of thioether (sulfide) groups is 1. The van der Waals surface area contributed by atoms with Gasteiger partial charge in [0, 0.05) is 11.8 Å². The summed E-state index contributed by atoms with van der Waals surface area (Å²) in [7, 11) is 0. The third-order valence-electron chi connectivity index (χ3n) is 2.10. The summed E-state index contributed by atoms with van der Waals surface area (Å²) in [5, 5.41) is 8.85. The molecule has 1 saturated heterocycles. The Bertz CT molecular complexity index is 453. The Morgan fingerprint density at radius 2 is 2.56 bits per heavy atom. The molecule has 88 valence electrons. The highest BCUT2D eigenvalue weighted by atomic mass is 32.2. The summed E-state index contributed by atoms with van der Waals surface area (Å²) in [5.41, 5.74) is 4.00. The van der Waals surface area contributed by atoms with Crippen LogP contribution in [-0.4, -0.2) is 32.5 Å². The number of nitrogens with zero attached hydrogens (tertiary/aromatic N) is 2. The van der Waals surface area contributed by atoms with Crippen molar-refractivity contribution in [2.45, 2.75) is 11.7 Å². The quantitative estimate of drug-likeness (QED) is 0.688. The van der Waals surface area contributed by atoms with Crippen molar-refractivity contribution >= 4 is 17.6 Å². The zero-order chi connectivity index (χ0) is 11.7. The largest absolute Gasteiger partial charge is 0.393 e. The normalized spacial score (nSPS) is 24.9. The number of hydrogen-bond acceptors (Lipinski definition) is 6. The van der Waals surface area contributed by atoms with Gasteiger partial charge in [0.15, 0.2) is 6.23 Å². The van der Waals surface area contributed by atoms with Gasteiger partial charge in [-0.15, -0.1) is 11.8 Å². The van der Waals surface area contributed by atoms with Gasteiger partial charge in [0.05, 0.1) is 6.61 Å². The number of aliphatic hydroxyl groups is 1. The summed E-state index contributed by atoms with van der Waals surface area (Å²) in [4.78, 5) is 14.8. The molecule has 1 aromatic rings. The lowest BCUT2D eigenvalue weighted by Gasteiger charge is -2.14. The van der Waals surface area contributed by atoms with Gasteiger partial charge in [0.25, 0.3) is 0 Å². The fourth-order valence-electron chi connectivity index (χ4n) is 1.41.